The summed E-state index contributed by atoms with van der Waals surface area (Å²) in [4.78, 5) is 4.77. The van der Waals surface area contributed by atoms with Crippen LogP contribution in [0.4, 0.5) is 0 Å². The Morgan fingerprint density at radius 3 is 2.45 bits per heavy atom. The van der Waals surface area contributed by atoms with Gasteiger partial charge in [0, 0.05) is 17.6 Å². The Morgan fingerprint density at radius 2 is 1.68 bits per heavy atom. The van der Waals surface area contributed by atoms with Crippen LogP contribution >= 0.6 is 0 Å². The van der Waals surface area contributed by atoms with Gasteiger partial charge in [-0.05, 0) is 80.5 Å². The Labute approximate surface area is 183 Å². The summed E-state index contributed by atoms with van der Waals surface area (Å²) in [6.07, 6.45) is 3.18. The average Bonchev–Trinajstić information content (AvgIpc) is 3.31. The minimum atomic E-state index is 0.890. The highest BCUT2D eigenvalue weighted by Crippen LogP contribution is 2.37. The molecule has 0 saturated carbocycles. The molecule has 0 aliphatic heterocycles. The van der Waals surface area contributed by atoms with Gasteiger partial charge in [0.2, 0.25) is 0 Å². The fraction of sp³-hybridized carbons (Fsp3) is 0.259. The van der Waals surface area contributed by atoms with Gasteiger partial charge in [0.25, 0.3) is 0 Å². The standard InChI is InChI=1S/C27H28N4/c1-7-21-10-8-9-11-23(21)25-16(2)14-17(3)26(19(25)5)30-13-12-22-20(6)28-24-15-18(4)29-31(24)27(22)30/h8-15H,7H2,1-6H3. The first kappa shape index (κ1) is 19.6. The van der Waals surface area contributed by atoms with E-state index < -0.39 is 0 Å². The Balaban J connectivity index is 1.88. The summed E-state index contributed by atoms with van der Waals surface area (Å²) in [6.45, 7) is 13.0. The van der Waals surface area contributed by atoms with E-state index in [1.54, 1.807) is 0 Å². The van der Waals surface area contributed by atoms with Crippen LogP contribution in [0.2, 0.25) is 0 Å². The maximum Gasteiger partial charge on any atom is 0.157 e. The van der Waals surface area contributed by atoms with Crippen LogP contribution in [0.15, 0.2) is 48.7 Å². The summed E-state index contributed by atoms with van der Waals surface area (Å²) in [5, 5.41) is 5.89. The number of fused-ring (bicyclic) bond motifs is 3. The summed E-state index contributed by atoms with van der Waals surface area (Å²) >= 11 is 0. The molecule has 0 fully saturated rings. The van der Waals surface area contributed by atoms with E-state index in [0.717, 1.165) is 34.5 Å². The quantitative estimate of drug-likeness (QED) is 0.344. The van der Waals surface area contributed by atoms with Gasteiger partial charge in [-0.2, -0.15) is 9.61 Å². The maximum absolute atomic E-state index is 4.77. The molecule has 0 radical (unpaired) electrons. The van der Waals surface area contributed by atoms with Gasteiger partial charge in [-0.1, -0.05) is 37.3 Å². The Morgan fingerprint density at radius 1 is 0.903 bits per heavy atom. The summed E-state index contributed by atoms with van der Waals surface area (Å²) in [7, 11) is 0. The number of hydrogen-bond acceptors (Lipinski definition) is 2. The van der Waals surface area contributed by atoms with Crippen molar-refractivity contribution in [1.82, 2.24) is 19.2 Å². The van der Waals surface area contributed by atoms with Crippen molar-refractivity contribution in [1.29, 1.82) is 0 Å². The molecule has 0 unspecified atom stereocenters. The molecule has 0 aliphatic rings. The lowest BCUT2D eigenvalue weighted by atomic mass is 9.89. The van der Waals surface area contributed by atoms with Gasteiger partial charge in [0.1, 0.15) is 5.65 Å². The summed E-state index contributed by atoms with van der Waals surface area (Å²) in [5.41, 5.74) is 13.1. The molecule has 0 bridgehead atoms. The Kier molecular flexibility index (Phi) is 4.47. The highest BCUT2D eigenvalue weighted by Gasteiger charge is 2.19. The molecule has 0 spiro atoms. The molecular formula is C27H28N4. The minimum absolute atomic E-state index is 0.890. The number of aromatic nitrogens is 4. The second-order valence-electron chi connectivity index (χ2n) is 8.55. The molecule has 5 aromatic rings. The molecule has 4 nitrogen and oxygen atoms in total. The highest BCUT2D eigenvalue weighted by atomic mass is 15.3. The maximum atomic E-state index is 4.77. The van der Waals surface area contributed by atoms with E-state index in [-0.39, 0.29) is 0 Å². The van der Waals surface area contributed by atoms with Crippen LogP contribution in [-0.4, -0.2) is 19.2 Å². The van der Waals surface area contributed by atoms with Crippen LogP contribution < -0.4 is 0 Å². The number of nitrogens with zero attached hydrogens (tertiary/aromatic N) is 4. The molecule has 31 heavy (non-hydrogen) atoms. The zero-order valence-electron chi connectivity index (χ0n) is 19.1. The second-order valence-corrected chi connectivity index (χ2v) is 8.55. The zero-order chi connectivity index (χ0) is 21.9. The van der Waals surface area contributed by atoms with Gasteiger partial charge >= 0.3 is 0 Å². The molecule has 0 atom stereocenters. The predicted octanol–water partition coefficient (Wildman–Crippen LogP) is 6.44. The van der Waals surface area contributed by atoms with Crippen LogP contribution in [0.5, 0.6) is 0 Å². The highest BCUT2D eigenvalue weighted by molar-refractivity contribution is 5.85. The molecule has 4 heteroatoms. The lowest BCUT2D eigenvalue weighted by Gasteiger charge is -2.21. The van der Waals surface area contributed by atoms with Gasteiger partial charge in [-0.15, -0.1) is 0 Å². The van der Waals surface area contributed by atoms with Crippen LogP contribution in [-0.2, 0) is 6.42 Å². The van der Waals surface area contributed by atoms with Gasteiger partial charge < -0.3 is 4.57 Å². The molecule has 3 aromatic heterocycles. The summed E-state index contributed by atoms with van der Waals surface area (Å²) < 4.78 is 4.28. The van der Waals surface area contributed by atoms with Gasteiger partial charge in [0.15, 0.2) is 5.65 Å². The van der Waals surface area contributed by atoms with Crippen molar-refractivity contribution < 1.29 is 0 Å². The third kappa shape index (κ3) is 2.89. The van der Waals surface area contributed by atoms with Crippen LogP contribution in [0.1, 0.15) is 40.6 Å². The first-order chi connectivity index (χ1) is 14.9. The van der Waals surface area contributed by atoms with Crippen molar-refractivity contribution in [2.75, 3.05) is 0 Å². The number of hydrogen-bond donors (Lipinski definition) is 0. The lowest BCUT2D eigenvalue weighted by molar-refractivity contribution is 0.908. The minimum Gasteiger partial charge on any atom is -0.301 e. The van der Waals surface area contributed by atoms with Gasteiger partial charge in [0.05, 0.1) is 17.1 Å². The molecule has 0 saturated heterocycles. The van der Waals surface area contributed by atoms with Crippen molar-refractivity contribution in [2.45, 2.75) is 48.0 Å². The first-order valence-electron chi connectivity index (χ1n) is 10.9. The van der Waals surface area contributed by atoms with E-state index in [1.807, 2.05) is 17.5 Å². The Bertz CT molecular complexity index is 1470. The molecule has 2 aromatic carbocycles. The second kappa shape index (κ2) is 7.09. The van der Waals surface area contributed by atoms with E-state index in [2.05, 4.69) is 81.8 Å². The van der Waals surface area contributed by atoms with E-state index >= 15 is 0 Å². The SMILES string of the molecule is CCc1ccccc1-c1c(C)cc(C)c(-n2ccc3c(C)nc4cc(C)nn4c32)c1C. The fourth-order valence-corrected chi connectivity index (χ4v) is 5.09. The molecule has 0 amide bonds. The van der Waals surface area contributed by atoms with Crippen LogP contribution in [0, 0.1) is 34.6 Å². The number of benzene rings is 2. The molecular weight excluding hydrogens is 380 g/mol. The normalized spacial score (nSPS) is 11.7. The molecule has 3 heterocycles. The van der Waals surface area contributed by atoms with Crippen LogP contribution in [0.25, 0.3) is 33.5 Å². The summed E-state index contributed by atoms with van der Waals surface area (Å²) in [5.74, 6) is 0. The monoisotopic (exact) mass is 408 g/mol. The first-order valence-corrected chi connectivity index (χ1v) is 10.9. The zero-order valence-corrected chi connectivity index (χ0v) is 19.1. The van der Waals surface area contributed by atoms with Crippen LogP contribution in [0.3, 0.4) is 0 Å². The van der Waals surface area contributed by atoms with E-state index in [0.29, 0.717) is 0 Å². The topological polar surface area (TPSA) is 35.1 Å². The van der Waals surface area contributed by atoms with Gasteiger partial charge in [-0.3, -0.25) is 0 Å². The van der Waals surface area contributed by atoms with Crippen molar-refractivity contribution >= 4 is 16.7 Å². The van der Waals surface area contributed by atoms with Crippen molar-refractivity contribution in [3.05, 3.63) is 82.3 Å². The van der Waals surface area contributed by atoms with Gasteiger partial charge in [-0.25, -0.2) is 4.98 Å². The fourth-order valence-electron chi connectivity index (χ4n) is 5.09. The predicted molar refractivity (Wildman–Crippen MR) is 128 cm³/mol. The molecule has 0 aliphatic carbocycles. The number of aryl methyl sites for hydroxylation is 5. The van der Waals surface area contributed by atoms with Crippen molar-refractivity contribution in [2.24, 2.45) is 0 Å². The lowest BCUT2D eigenvalue weighted by Crippen LogP contribution is -2.07. The summed E-state index contributed by atoms with van der Waals surface area (Å²) in [6, 6.07) is 15.3. The van der Waals surface area contributed by atoms with E-state index in [4.69, 9.17) is 10.1 Å². The molecule has 156 valence electrons. The average molecular weight is 409 g/mol. The van der Waals surface area contributed by atoms with Crippen molar-refractivity contribution in [3.63, 3.8) is 0 Å². The number of rotatable bonds is 3. The third-order valence-electron chi connectivity index (χ3n) is 6.38. The van der Waals surface area contributed by atoms with Crippen molar-refractivity contribution in [3.8, 4) is 16.8 Å². The molecule has 5 rings (SSSR count). The largest absolute Gasteiger partial charge is 0.301 e. The third-order valence-corrected chi connectivity index (χ3v) is 6.38. The molecule has 0 N–H and O–H groups in total. The Hall–Kier alpha value is -3.40. The smallest absolute Gasteiger partial charge is 0.157 e. The van der Waals surface area contributed by atoms with E-state index in [1.165, 1.54) is 39.1 Å². The van der Waals surface area contributed by atoms with E-state index in [9.17, 15) is 0 Å².